The van der Waals surface area contributed by atoms with Crippen LogP contribution >= 0.6 is 11.6 Å². The van der Waals surface area contributed by atoms with E-state index in [1.807, 2.05) is 19.9 Å². The standard InChI is InChI=1S/C12H15ClO2/c1-9(2)6-7-15-12-5-3-4-11(13)10(12)8-14/h3-6,14H,7-8H2,1-2H3. The van der Waals surface area contributed by atoms with Gasteiger partial charge in [0.05, 0.1) is 6.61 Å². The van der Waals surface area contributed by atoms with Crippen LogP contribution in [0.5, 0.6) is 5.75 Å². The van der Waals surface area contributed by atoms with Crippen molar-refractivity contribution in [2.24, 2.45) is 0 Å². The Morgan fingerprint density at radius 2 is 2.20 bits per heavy atom. The van der Waals surface area contributed by atoms with Crippen molar-refractivity contribution in [3.8, 4) is 5.75 Å². The SMILES string of the molecule is CC(C)=CCOc1cccc(Cl)c1CO. The number of aliphatic hydroxyl groups excluding tert-OH is 1. The van der Waals surface area contributed by atoms with Crippen LogP contribution in [0.15, 0.2) is 29.8 Å². The second kappa shape index (κ2) is 5.79. The summed E-state index contributed by atoms with van der Waals surface area (Å²) in [5, 5.41) is 9.66. The van der Waals surface area contributed by atoms with Crippen LogP contribution in [0.2, 0.25) is 5.02 Å². The maximum absolute atomic E-state index is 9.13. The van der Waals surface area contributed by atoms with E-state index in [0.717, 1.165) is 0 Å². The van der Waals surface area contributed by atoms with Gasteiger partial charge in [0.15, 0.2) is 0 Å². The third-order valence-electron chi connectivity index (χ3n) is 1.96. The molecule has 15 heavy (non-hydrogen) atoms. The van der Waals surface area contributed by atoms with Gasteiger partial charge in [-0.2, -0.15) is 0 Å². The Labute approximate surface area is 95.1 Å². The summed E-state index contributed by atoms with van der Waals surface area (Å²) in [7, 11) is 0. The summed E-state index contributed by atoms with van der Waals surface area (Å²) in [5.41, 5.74) is 1.84. The second-order valence-corrected chi connectivity index (χ2v) is 3.87. The molecule has 0 aliphatic rings. The minimum absolute atomic E-state index is 0.107. The topological polar surface area (TPSA) is 29.5 Å². The Kier molecular flexibility index (Phi) is 4.66. The zero-order valence-electron chi connectivity index (χ0n) is 8.96. The van der Waals surface area contributed by atoms with Crippen molar-refractivity contribution in [3.05, 3.63) is 40.4 Å². The monoisotopic (exact) mass is 226 g/mol. The third-order valence-corrected chi connectivity index (χ3v) is 2.32. The minimum atomic E-state index is -0.107. The van der Waals surface area contributed by atoms with Crippen LogP contribution in [0.3, 0.4) is 0 Å². The first-order valence-corrected chi connectivity index (χ1v) is 5.17. The summed E-state index contributed by atoms with van der Waals surface area (Å²) >= 11 is 5.92. The molecule has 0 atom stereocenters. The summed E-state index contributed by atoms with van der Waals surface area (Å²) in [4.78, 5) is 0. The Balaban J connectivity index is 2.76. The molecule has 0 heterocycles. The molecular weight excluding hydrogens is 212 g/mol. The van der Waals surface area contributed by atoms with E-state index < -0.39 is 0 Å². The second-order valence-electron chi connectivity index (χ2n) is 3.47. The molecule has 0 bridgehead atoms. The van der Waals surface area contributed by atoms with E-state index in [-0.39, 0.29) is 6.61 Å². The van der Waals surface area contributed by atoms with Crippen LogP contribution in [0.4, 0.5) is 0 Å². The van der Waals surface area contributed by atoms with Gasteiger partial charge >= 0.3 is 0 Å². The van der Waals surface area contributed by atoms with Crippen molar-refractivity contribution in [3.63, 3.8) is 0 Å². The number of hydrogen-bond donors (Lipinski definition) is 1. The van der Waals surface area contributed by atoms with E-state index in [1.165, 1.54) is 5.57 Å². The lowest BCUT2D eigenvalue weighted by Gasteiger charge is -2.09. The Hall–Kier alpha value is -0.990. The van der Waals surface area contributed by atoms with Gasteiger partial charge in [-0.25, -0.2) is 0 Å². The number of halogens is 1. The van der Waals surface area contributed by atoms with Crippen molar-refractivity contribution in [1.29, 1.82) is 0 Å². The molecule has 1 rings (SSSR count). The normalized spacial score (nSPS) is 9.87. The molecule has 0 radical (unpaired) electrons. The Bertz CT molecular complexity index is 355. The van der Waals surface area contributed by atoms with Gasteiger partial charge in [-0.1, -0.05) is 23.2 Å². The van der Waals surface area contributed by atoms with Crippen molar-refractivity contribution in [2.75, 3.05) is 6.61 Å². The maximum atomic E-state index is 9.13. The van der Waals surface area contributed by atoms with E-state index in [4.69, 9.17) is 21.4 Å². The summed E-state index contributed by atoms with van der Waals surface area (Å²) in [5.74, 6) is 0.641. The summed E-state index contributed by atoms with van der Waals surface area (Å²) < 4.78 is 5.50. The lowest BCUT2D eigenvalue weighted by Crippen LogP contribution is -1.98. The molecule has 0 unspecified atom stereocenters. The van der Waals surface area contributed by atoms with Gasteiger partial charge in [0.25, 0.3) is 0 Å². The fraction of sp³-hybridized carbons (Fsp3) is 0.333. The van der Waals surface area contributed by atoms with Crippen LogP contribution in [-0.4, -0.2) is 11.7 Å². The molecule has 0 aliphatic heterocycles. The van der Waals surface area contributed by atoms with E-state index in [2.05, 4.69) is 0 Å². The number of allylic oxidation sites excluding steroid dienone is 1. The summed E-state index contributed by atoms with van der Waals surface area (Å²) in [6.07, 6.45) is 1.97. The first kappa shape index (κ1) is 12.1. The summed E-state index contributed by atoms with van der Waals surface area (Å²) in [6, 6.07) is 5.34. The molecule has 82 valence electrons. The van der Waals surface area contributed by atoms with Crippen LogP contribution in [0.1, 0.15) is 19.4 Å². The number of aliphatic hydroxyl groups is 1. The zero-order chi connectivity index (χ0) is 11.3. The smallest absolute Gasteiger partial charge is 0.126 e. The van der Waals surface area contributed by atoms with Crippen molar-refractivity contribution >= 4 is 11.6 Å². The number of benzene rings is 1. The number of rotatable bonds is 4. The molecule has 0 saturated heterocycles. The zero-order valence-corrected chi connectivity index (χ0v) is 9.71. The fourth-order valence-corrected chi connectivity index (χ4v) is 1.35. The minimum Gasteiger partial charge on any atom is -0.489 e. The first-order chi connectivity index (χ1) is 7.15. The van der Waals surface area contributed by atoms with Gasteiger partial charge in [-0.3, -0.25) is 0 Å². The number of hydrogen-bond acceptors (Lipinski definition) is 2. The number of ether oxygens (including phenoxy) is 1. The summed E-state index contributed by atoms with van der Waals surface area (Å²) in [6.45, 7) is 4.40. The largest absolute Gasteiger partial charge is 0.489 e. The molecular formula is C12H15ClO2. The predicted molar refractivity (Wildman–Crippen MR) is 62.3 cm³/mol. The van der Waals surface area contributed by atoms with Gasteiger partial charge in [0.2, 0.25) is 0 Å². The molecule has 1 aromatic carbocycles. The molecule has 0 amide bonds. The van der Waals surface area contributed by atoms with Crippen molar-refractivity contribution in [2.45, 2.75) is 20.5 Å². The average molecular weight is 227 g/mol. The molecule has 0 fully saturated rings. The van der Waals surface area contributed by atoms with Gasteiger partial charge in [-0.05, 0) is 32.1 Å². The van der Waals surface area contributed by atoms with Gasteiger partial charge < -0.3 is 9.84 Å². The van der Waals surface area contributed by atoms with Crippen LogP contribution < -0.4 is 4.74 Å². The highest BCUT2D eigenvalue weighted by Crippen LogP contribution is 2.26. The van der Waals surface area contributed by atoms with Crippen LogP contribution in [-0.2, 0) is 6.61 Å². The molecule has 0 saturated carbocycles. The van der Waals surface area contributed by atoms with Crippen molar-refractivity contribution < 1.29 is 9.84 Å². The van der Waals surface area contributed by atoms with E-state index in [1.54, 1.807) is 18.2 Å². The lowest BCUT2D eigenvalue weighted by atomic mass is 10.2. The Morgan fingerprint density at radius 3 is 2.80 bits per heavy atom. The maximum Gasteiger partial charge on any atom is 0.126 e. The first-order valence-electron chi connectivity index (χ1n) is 4.79. The van der Waals surface area contributed by atoms with E-state index >= 15 is 0 Å². The third kappa shape index (κ3) is 3.57. The van der Waals surface area contributed by atoms with Crippen molar-refractivity contribution in [1.82, 2.24) is 0 Å². The van der Waals surface area contributed by atoms with Crippen LogP contribution in [0, 0.1) is 0 Å². The van der Waals surface area contributed by atoms with E-state index in [9.17, 15) is 0 Å². The molecule has 0 aliphatic carbocycles. The van der Waals surface area contributed by atoms with Gasteiger partial charge in [0, 0.05) is 10.6 Å². The quantitative estimate of drug-likeness (QED) is 0.800. The van der Waals surface area contributed by atoms with E-state index in [0.29, 0.717) is 22.9 Å². The highest BCUT2D eigenvalue weighted by molar-refractivity contribution is 6.31. The van der Waals surface area contributed by atoms with Gasteiger partial charge in [0.1, 0.15) is 12.4 Å². The predicted octanol–water partition coefficient (Wildman–Crippen LogP) is 3.18. The van der Waals surface area contributed by atoms with Gasteiger partial charge in [-0.15, -0.1) is 0 Å². The fourth-order valence-electron chi connectivity index (χ4n) is 1.13. The highest BCUT2D eigenvalue weighted by atomic mass is 35.5. The lowest BCUT2D eigenvalue weighted by molar-refractivity contribution is 0.270. The highest BCUT2D eigenvalue weighted by Gasteiger charge is 2.05. The molecule has 2 nitrogen and oxygen atoms in total. The molecule has 3 heteroatoms. The average Bonchev–Trinajstić information content (AvgIpc) is 2.17. The van der Waals surface area contributed by atoms with Crippen LogP contribution in [0.25, 0.3) is 0 Å². The molecule has 1 N–H and O–H groups in total. The Morgan fingerprint density at radius 1 is 1.47 bits per heavy atom. The molecule has 0 aromatic heterocycles. The molecule has 0 spiro atoms. The molecule has 1 aromatic rings.